The van der Waals surface area contributed by atoms with Crippen molar-refractivity contribution in [2.24, 2.45) is 0 Å². The number of aromatic amines is 1. The number of benzene rings is 3. The highest BCUT2D eigenvalue weighted by molar-refractivity contribution is 6.33. The van der Waals surface area contributed by atoms with E-state index in [2.05, 4.69) is 20.6 Å². The van der Waals surface area contributed by atoms with Crippen molar-refractivity contribution < 1.29 is 9.59 Å². The Morgan fingerprint density at radius 2 is 1.69 bits per heavy atom. The van der Waals surface area contributed by atoms with Crippen LogP contribution in [0.15, 0.2) is 85.2 Å². The van der Waals surface area contributed by atoms with Crippen LogP contribution < -0.4 is 15.5 Å². The van der Waals surface area contributed by atoms with Crippen LogP contribution in [0.1, 0.15) is 15.9 Å². The molecule has 0 fully saturated rings. The van der Waals surface area contributed by atoms with Gasteiger partial charge in [0.1, 0.15) is 5.82 Å². The Kier molecular flexibility index (Phi) is 9.59. The van der Waals surface area contributed by atoms with Crippen LogP contribution in [0, 0.1) is 0 Å². The number of hydrogen-bond donors (Lipinski definition) is 3. The quantitative estimate of drug-likeness (QED) is 0.138. The lowest BCUT2D eigenvalue weighted by Gasteiger charge is -2.24. The molecular formula is C31H27Cl3N6O2. The van der Waals surface area contributed by atoms with E-state index < -0.39 is 0 Å². The maximum atomic E-state index is 13.1. The third kappa shape index (κ3) is 7.20. The zero-order valence-corrected chi connectivity index (χ0v) is 24.7. The molecule has 3 N–H and O–H groups in total. The smallest absolute Gasteiger partial charge is 0.255 e. The van der Waals surface area contributed by atoms with Gasteiger partial charge in [-0.3, -0.25) is 14.6 Å². The van der Waals surface area contributed by atoms with Crippen molar-refractivity contribution in [2.75, 3.05) is 40.4 Å². The molecule has 0 bridgehead atoms. The third-order valence-electron chi connectivity index (χ3n) is 6.51. The highest BCUT2D eigenvalue weighted by Gasteiger charge is 2.14. The van der Waals surface area contributed by atoms with E-state index in [0.29, 0.717) is 58.2 Å². The number of rotatable bonds is 11. The van der Waals surface area contributed by atoms with Crippen molar-refractivity contribution in [1.29, 1.82) is 0 Å². The number of imidazole rings is 1. The van der Waals surface area contributed by atoms with Crippen LogP contribution in [-0.2, 0) is 11.2 Å². The fraction of sp³-hybridized carbons (Fsp3) is 0.161. The van der Waals surface area contributed by atoms with Gasteiger partial charge in [-0.2, -0.15) is 0 Å². The third-order valence-corrected chi connectivity index (χ3v) is 7.15. The van der Waals surface area contributed by atoms with E-state index in [-0.39, 0.29) is 18.2 Å². The molecule has 0 aliphatic rings. The predicted molar refractivity (Wildman–Crippen MR) is 171 cm³/mol. The number of H-pyrrole nitrogens is 1. The maximum absolute atomic E-state index is 13.1. The Morgan fingerprint density at radius 1 is 0.881 bits per heavy atom. The van der Waals surface area contributed by atoms with Crippen LogP contribution in [0.2, 0.25) is 5.02 Å². The summed E-state index contributed by atoms with van der Waals surface area (Å²) in [6.45, 7) is 1.22. The Hall–Kier alpha value is -4.11. The molecule has 5 aromatic rings. The van der Waals surface area contributed by atoms with Crippen molar-refractivity contribution in [1.82, 2.24) is 15.0 Å². The minimum absolute atomic E-state index is 0.140. The average molecular weight is 622 g/mol. The molecule has 0 aliphatic carbocycles. The number of aromatic nitrogens is 3. The first-order chi connectivity index (χ1) is 20.4. The highest BCUT2D eigenvalue weighted by Crippen LogP contribution is 2.30. The summed E-state index contributed by atoms with van der Waals surface area (Å²) in [6, 6.07) is 21.7. The number of carbonyl (C=O) groups is 2. The van der Waals surface area contributed by atoms with Gasteiger partial charge in [-0.1, -0.05) is 29.8 Å². The Balaban J connectivity index is 1.28. The summed E-state index contributed by atoms with van der Waals surface area (Å²) in [5.74, 6) is 1.07. The van der Waals surface area contributed by atoms with Gasteiger partial charge in [0.15, 0.2) is 0 Å². The number of anilines is 3. The van der Waals surface area contributed by atoms with Crippen molar-refractivity contribution in [3.8, 4) is 11.4 Å². The van der Waals surface area contributed by atoms with Gasteiger partial charge in [0, 0.05) is 59.7 Å². The molecule has 11 heteroatoms. The van der Waals surface area contributed by atoms with E-state index in [9.17, 15) is 9.59 Å². The van der Waals surface area contributed by atoms with E-state index in [1.54, 1.807) is 42.7 Å². The molecule has 0 unspecified atom stereocenters. The second-order valence-corrected chi connectivity index (χ2v) is 10.6. The van der Waals surface area contributed by atoms with Crippen LogP contribution in [0.4, 0.5) is 17.1 Å². The molecule has 3 aromatic carbocycles. The predicted octanol–water partition coefficient (Wildman–Crippen LogP) is 7.00. The standard InChI is InChI=1S/C31H27Cl3N6O2/c32-10-13-40(14-11-33)28-9-7-24(18-25(28)34)37-31(42)22-6-8-26-27(17-22)39-30(38-26)21-4-1-5-23(16-21)36-29(41)15-20-3-2-12-35-19-20/h1-9,12,16-19H,10-11,13-15H2,(H,36,41)(H,37,42)(H,38,39). The van der Waals surface area contributed by atoms with E-state index in [1.807, 2.05) is 47.4 Å². The van der Waals surface area contributed by atoms with Gasteiger partial charge in [0.05, 0.1) is 28.2 Å². The minimum atomic E-state index is -0.290. The summed E-state index contributed by atoms with van der Waals surface area (Å²) < 4.78 is 0. The SMILES string of the molecule is O=C(Cc1cccnc1)Nc1cccc(-c2nc3cc(C(=O)Nc4ccc(N(CCCl)CCCl)c(Cl)c4)ccc3[nH]2)c1. The number of hydrogen-bond acceptors (Lipinski definition) is 5. The molecule has 0 atom stereocenters. The normalized spacial score (nSPS) is 10.9. The van der Waals surface area contributed by atoms with Crippen LogP contribution >= 0.6 is 34.8 Å². The molecule has 8 nitrogen and oxygen atoms in total. The first-order valence-corrected chi connectivity index (χ1v) is 14.6. The van der Waals surface area contributed by atoms with Crippen molar-refractivity contribution in [3.63, 3.8) is 0 Å². The topological polar surface area (TPSA) is 103 Å². The summed E-state index contributed by atoms with van der Waals surface area (Å²) in [5, 5.41) is 6.31. The van der Waals surface area contributed by atoms with E-state index in [1.165, 1.54) is 0 Å². The summed E-state index contributed by atoms with van der Waals surface area (Å²) in [7, 11) is 0. The summed E-state index contributed by atoms with van der Waals surface area (Å²) in [6.07, 6.45) is 3.57. The lowest BCUT2D eigenvalue weighted by atomic mass is 10.1. The first-order valence-electron chi connectivity index (χ1n) is 13.2. The van der Waals surface area contributed by atoms with E-state index in [0.717, 1.165) is 22.3 Å². The molecule has 42 heavy (non-hydrogen) atoms. The van der Waals surface area contributed by atoms with Crippen molar-refractivity contribution in [3.05, 3.63) is 101 Å². The fourth-order valence-electron chi connectivity index (χ4n) is 4.52. The van der Waals surface area contributed by atoms with Gasteiger partial charge in [-0.05, 0) is 60.2 Å². The van der Waals surface area contributed by atoms with Gasteiger partial charge < -0.3 is 20.5 Å². The monoisotopic (exact) mass is 620 g/mol. The molecule has 5 rings (SSSR count). The number of carbonyl (C=O) groups excluding carboxylic acids is 2. The number of pyridine rings is 1. The molecule has 2 heterocycles. The van der Waals surface area contributed by atoms with Gasteiger partial charge in [-0.25, -0.2) is 4.98 Å². The molecular weight excluding hydrogens is 595 g/mol. The number of halogens is 3. The van der Waals surface area contributed by atoms with E-state index in [4.69, 9.17) is 39.8 Å². The van der Waals surface area contributed by atoms with Crippen molar-refractivity contribution in [2.45, 2.75) is 6.42 Å². The zero-order valence-electron chi connectivity index (χ0n) is 22.4. The minimum Gasteiger partial charge on any atom is -0.368 e. The van der Waals surface area contributed by atoms with Gasteiger partial charge in [0.2, 0.25) is 5.91 Å². The first kappa shape index (κ1) is 29.4. The number of alkyl halides is 2. The maximum Gasteiger partial charge on any atom is 0.255 e. The lowest BCUT2D eigenvalue weighted by molar-refractivity contribution is -0.115. The average Bonchev–Trinajstić information content (AvgIpc) is 3.42. The molecule has 214 valence electrons. The van der Waals surface area contributed by atoms with Crippen molar-refractivity contribution >= 4 is 74.7 Å². The summed E-state index contributed by atoms with van der Waals surface area (Å²) in [5.41, 5.74) is 5.51. The summed E-state index contributed by atoms with van der Waals surface area (Å²) in [4.78, 5) is 39.6. The van der Waals surface area contributed by atoms with Gasteiger partial charge >= 0.3 is 0 Å². The Labute approximate surface area is 258 Å². The largest absolute Gasteiger partial charge is 0.368 e. The van der Waals surface area contributed by atoms with Crippen LogP contribution in [0.5, 0.6) is 0 Å². The second-order valence-electron chi connectivity index (χ2n) is 9.47. The molecule has 0 saturated heterocycles. The second kappa shape index (κ2) is 13.7. The molecule has 0 spiro atoms. The zero-order chi connectivity index (χ0) is 29.5. The van der Waals surface area contributed by atoms with Gasteiger partial charge in [0.25, 0.3) is 5.91 Å². The van der Waals surface area contributed by atoms with Crippen LogP contribution in [0.25, 0.3) is 22.4 Å². The molecule has 2 aromatic heterocycles. The summed E-state index contributed by atoms with van der Waals surface area (Å²) >= 11 is 18.4. The molecule has 0 saturated carbocycles. The number of amides is 2. The number of nitrogens with one attached hydrogen (secondary N) is 3. The van der Waals surface area contributed by atoms with Crippen LogP contribution in [0.3, 0.4) is 0 Å². The molecule has 0 radical (unpaired) electrons. The molecule has 0 aliphatic heterocycles. The number of nitrogens with zero attached hydrogens (tertiary/aromatic N) is 3. The van der Waals surface area contributed by atoms with E-state index >= 15 is 0 Å². The van der Waals surface area contributed by atoms with Crippen LogP contribution in [-0.4, -0.2) is 51.6 Å². The highest BCUT2D eigenvalue weighted by atomic mass is 35.5. The Morgan fingerprint density at radius 3 is 2.43 bits per heavy atom. The lowest BCUT2D eigenvalue weighted by Crippen LogP contribution is -2.27. The number of fused-ring (bicyclic) bond motifs is 1. The van der Waals surface area contributed by atoms with Gasteiger partial charge in [-0.15, -0.1) is 23.2 Å². The fourth-order valence-corrected chi connectivity index (χ4v) is 5.23. The Bertz CT molecular complexity index is 1700. The molecule has 2 amide bonds.